The molecule has 0 aliphatic rings. The van der Waals surface area contributed by atoms with Crippen LogP contribution in [0.2, 0.25) is 0 Å². The Morgan fingerprint density at radius 3 is 2.45 bits per heavy atom. The van der Waals surface area contributed by atoms with Crippen molar-refractivity contribution in [2.24, 2.45) is 0 Å². The van der Waals surface area contributed by atoms with Crippen LogP contribution in [0.3, 0.4) is 0 Å². The Morgan fingerprint density at radius 1 is 1.32 bits per heavy atom. The van der Waals surface area contributed by atoms with Crippen molar-refractivity contribution in [2.45, 2.75) is 39.3 Å². The van der Waals surface area contributed by atoms with Crippen LogP contribution in [0.25, 0.3) is 0 Å². The third-order valence-corrected chi connectivity index (χ3v) is 2.49. The van der Waals surface area contributed by atoms with E-state index in [1.165, 1.54) is 13.3 Å². The minimum atomic E-state index is -0.992. The number of aromatic nitrogens is 1. The van der Waals surface area contributed by atoms with Crippen LogP contribution in [-0.4, -0.2) is 36.4 Å². The van der Waals surface area contributed by atoms with E-state index in [1.807, 2.05) is 0 Å². The zero-order chi connectivity index (χ0) is 16.8. The molecule has 1 atom stereocenters. The molecule has 0 bridgehead atoms. The van der Waals surface area contributed by atoms with E-state index in [2.05, 4.69) is 10.3 Å². The summed E-state index contributed by atoms with van der Waals surface area (Å²) in [7, 11) is 1.49. The first-order chi connectivity index (χ1) is 10.3. The Kier molecular flexibility index (Phi) is 6.15. The number of hydrogen-bond acceptors (Lipinski definition) is 6. The van der Waals surface area contributed by atoms with Gasteiger partial charge in [-0.3, -0.25) is 0 Å². The van der Waals surface area contributed by atoms with Crippen LogP contribution in [0.5, 0.6) is 5.88 Å². The predicted molar refractivity (Wildman–Crippen MR) is 79.5 cm³/mol. The lowest BCUT2D eigenvalue weighted by atomic mass is 10.1. The number of esters is 1. The van der Waals surface area contributed by atoms with Gasteiger partial charge in [0, 0.05) is 17.8 Å². The Labute approximate surface area is 130 Å². The van der Waals surface area contributed by atoms with Gasteiger partial charge in [0.1, 0.15) is 5.60 Å². The number of carbonyl (C=O) groups is 2. The summed E-state index contributed by atoms with van der Waals surface area (Å²) in [6, 6.07) is 2.23. The molecule has 122 valence electrons. The van der Waals surface area contributed by atoms with Crippen LogP contribution in [0.1, 0.15) is 39.3 Å². The van der Waals surface area contributed by atoms with Gasteiger partial charge in [0.2, 0.25) is 5.88 Å². The minimum Gasteiger partial charge on any atom is -0.481 e. The van der Waals surface area contributed by atoms with E-state index in [9.17, 15) is 9.59 Å². The smallest absolute Gasteiger partial charge is 0.408 e. The van der Waals surface area contributed by atoms with Gasteiger partial charge < -0.3 is 19.5 Å². The molecule has 1 amide bonds. The fourth-order valence-electron chi connectivity index (χ4n) is 1.61. The minimum absolute atomic E-state index is 0.203. The van der Waals surface area contributed by atoms with Crippen molar-refractivity contribution in [3.8, 4) is 5.88 Å². The average Bonchev–Trinajstić information content (AvgIpc) is 2.43. The number of amides is 1. The molecule has 0 aliphatic carbocycles. The van der Waals surface area contributed by atoms with Gasteiger partial charge in [-0.05, 0) is 33.8 Å². The molecule has 0 aromatic carbocycles. The molecule has 7 nitrogen and oxygen atoms in total. The van der Waals surface area contributed by atoms with E-state index in [0.717, 1.165) is 0 Å². The van der Waals surface area contributed by atoms with Crippen molar-refractivity contribution in [3.05, 3.63) is 23.9 Å². The van der Waals surface area contributed by atoms with Gasteiger partial charge in [0.15, 0.2) is 6.04 Å². The number of alkyl carbamates (subject to hydrolysis) is 1. The van der Waals surface area contributed by atoms with E-state index < -0.39 is 23.7 Å². The Bertz CT molecular complexity index is 508. The van der Waals surface area contributed by atoms with Crippen LogP contribution in [0, 0.1) is 0 Å². The maximum Gasteiger partial charge on any atom is 0.408 e. The van der Waals surface area contributed by atoms with Crippen molar-refractivity contribution in [3.63, 3.8) is 0 Å². The number of pyridine rings is 1. The van der Waals surface area contributed by atoms with E-state index in [1.54, 1.807) is 39.8 Å². The van der Waals surface area contributed by atoms with Crippen LogP contribution in [0.15, 0.2) is 18.3 Å². The highest BCUT2D eigenvalue weighted by Gasteiger charge is 2.27. The molecule has 1 heterocycles. The summed E-state index contributed by atoms with van der Waals surface area (Å²) in [5.41, 5.74) is -0.188. The van der Waals surface area contributed by atoms with Crippen molar-refractivity contribution in [1.29, 1.82) is 0 Å². The first kappa shape index (κ1) is 17.7. The second-order valence-electron chi connectivity index (χ2n) is 5.47. The monoisotopic (exact) mass is 310 g/mol. The normalized spacial score (nSPS) is 12.2. The van der Waals surface area contributed by atoms with Crippen molar-refractivity contribution in [2.75, 3.05) is 13.7 Å². The zero-order valence-corrected chi connectivity index (χ0v) is 13.5. The zero-order valence-electron chi connectivity index (χ0n) is 13.5. The summed E-state index contributed by atoms with van der Waals surface area (Å²) in [6.07, 6.45) is 0.735. The molecular weight excluding hydrogens is 288 g/mol. The number of nitrogens with one attached hydrogen (secondary N) is 1. The molecule has 1 aromatic heterocycles. The summed E-state index contributed by atoms with van der Waals surface area (Å²) < 4.78 is 15.1. The lowest BCUT2D eigenvalue weighted by Gasteiger charge is -2.23. The quantitative estimate of drug-likeness (QED) is 0.839. The topological polar surface area (TPSA) is 86.8 Å². The Hall–Kier alpha value is -2.31. The molecule has 0 spiro atoms. The first-order valence-electron chi connectivity index (χ1n) is 6.93. The van der Waals surface area contributed by atoms with Crippen LogP contribution in [-0.2, 0) is 14.3 Å². The Balaban J connectivity index is 2.92. The van der Waals surface area contributed by atoms with Gasteiger partial charge in [-0.2, -0.15) is 0 Å². The molecule has 1 rings (SSSR count). The molecule has 0 aliphatic heterocycles. The van der Waals surface area contributed by atoms with Crippen molar-refractivity contribution in [1.82, 2.24) is 10.3 Å². The molecule has 7 heteroatoms. The van der Waals surface area contributed by atoms with Gasteiger partial charge in [-0.15, -0.1) is 0 Å². The molecular formula is C15H22N2O5. The largest absolute Gasteiger partial charge is 0.481 e. The third kappa shape index (κ3) is 5.59. The number of hydrogen-bond donors (Lipinski definition) is 1. The van der Waals surface area contributed by atoms with E-state index >= 15 is 0 Å². The summed E-state index contributed by atoms with van der Waals surface area (Å²) in [4.78, 5) is 28.0. The summed E-state index contributed by atoms with van der Waals surface area (Å²) in [6.45, 7) is 7.10. The molecule has 0 radical (unpaired) electrons. The summed E-state index contributed by atoms with van der Waals surface area (Å²) in [5, 5.41) is 2.50. The lowest BCUT2D eigenvalue weighted by Crippen LogP contribution is -2.38. The molecule has 1 aromatic rings. The summed E-state index contributed by atoms with van der Waals surface area (Å²) in [5.74, 6) is -0.177. The highest BCUT2D eigenvalue weighted by molar-refractivity contribution is 5.82. The van der Waals surface area contributed by atoms with Crippen LogP contribution < -0.4 is 10.1 Å². The van der Waals surface area contributed by atoms with Crippen molar-refractivity contribution >= 4 is 12.1 Å². The summed E-state index contributed by atoms with van der Waals surface area (Å²) >= 11 is 0. The Morgan fingerprint density at radius 2 is 2.00 bits per heavy atom. The number of methoxy groups -OCH3 is 1. The van der Waals surface area contributed by atoms with Crippen molar-refractivity contribution < 1.29 is 23.8 Å². The fraction of sp³-hybridized carbons (Fsp3) is 0.533. The van der Waals surface area contributed by atoms with Gasteiger partial charge in [-0.1, -0.05) is 0 Å². The molecule has 0 saturated carbocycles. The fourth-order valence-corrected chi connectivity index (χ4v) is 1.61. The lowest BCUT2D eigenvalue weighted by molar-refractivity contribution is -0.145. The van der Waals surface area contributed by atoms with Gasteiger partial charge in [0.05, 0.1) is 13.7 Å². The standard InChI is InChI=1S/C15H22N2O5/c1-6-21-13(18)12(17-14(19)22-15(2,3)4)10-7-8-11(20-5)16-9-10/h7-9,12H,6H2,1-5H3,(H,17,19). The third-order valence-electron chi connectivity index (χ3n) is 2.49. The number of carbonyl (C=O) groups excluding carboxylic acids is 2. The van der Waals surface area contributed by atoms with E-state index in [4.69, 9.17) is 14.2 Å². The molecule has 0 saturated heterocycles. The van der Waals surface area contributed by atoms with Gasteiger partial charge in [-0.25, -0.2) is 14.6 Å². The SMILES string of the molecule is CCOC(=O)C(NC(=O)OC(C)(C)C)c1ccc(OC)nc1. The second-order valence-corrected chi connectivity index (χ2v) is 5.47. The highest BCUT2D eigenvalue weighted by atomic mass is 16.6. The predicted octanol–water partition coefficient (Wildman–Crippen LogP) is 2.22. The van der Waals surface area contributed by atoms with Crippen LogP contribution >= 0.6 is 0 Å². The number of ether oxygens (including phenoxy) is 3. The second kappa shape index (κ2) is 7.63. The maximum absolute atomic E-state index is 12.0. The maximum atomic E-state index is 12.0. The van der Waals surface area contributed by atoms with E-state index in [0.29, 0.717) is 11.4 Å². The number of nitrogens with zero attached hydrogens (tertiary/aromatic N) is 1. The number of rotatable bonds is 5. The molecule has 1 unspecified atom stereocenters. The molecule has 1 N–H and O–H groups in total. The first-order valence-corrected chi connectivity index (χ1v) is 6.93. The van der Waals surface area contributed by atoms with E-state index in [-0.39, 0.29) is 6.61 Å². The average molecular weight is 310 g/mol. The van der Waals surface area contributed by atoms with Gasteiger partial charge >= 0.3 is 12.1 Å². The van der Waals surface area contributed by atoms with Crippen LogP contribution in [0.4, 0.5) is 4.79 Å². The van der Waals surface area contributed by atoms with Gasteiger partial charge in [0.25, 0.3) is 0 Å². The molecule has 22 heavy (non-hydrogen) atoms. The highest BCUT2D eigenvalue weighted by Crippen LogP contribution is 2.18. The molecule has 0 fully saturated rings.